The number of hydrogen-bond donors (Lipinski definition) is 1. The summed E-state index contributed by atoms with van der Waals surface area (Å²) in [5.74, 6) is 0.520. The number of ether oxygens (including phenoxy) is 1. The van der Waals surface area contributed by atoms with Gasteiger partial charge in [0.25, 0.3) is 0 Å². The van der Waals surface area contributed by atoms with Gasteiger partial charge in [0.15, 0.2) is 0 Å². The van der Waals surface area contributed by atoms with Crippen molar-refractivity contribution in [1.82, 2.24) is 14.5 Å². The predicted octanol–water partition coefficient (Wildman–Crippen LogP) is 2.05. The van der Waals surface area contributed by atoms with Crippen LogP contribution in [0, 0.1) is 0 Å². The molecule has 3 heterocycles. The maximum atomic E-state index is 5.76. The largest absolute Gasteiger partial charge is 0.384 e. The Kier molecular flexibility index (Phi) is 2.78. The highest BCUT2D eigenvalue weighted by molar-refractivity contribution is 5.62. The van der Waals surface area contributed by atoms with Crippen LogP contribution in [0.4, 0.5) is 5.82 Å². The molecule has 5 nitrogen and oxygen atoms in total. The number of pyridine rings is 1. The van der Waals surface area contributed by atoms with E-state index < -0.39 is 0 Å². The second-order valence-corrected chi connectivity index (χ2v) is 5.24. The van der Waals surface area contributed by atoms with E-state index in [9.17, 15) is 0 Å². The van der Waals surface area contributed by atoms with Gasteiger partial charge >= 0.3 is 0 Å². The minimum absolute atomic E-state index is 0.0656. The zero-order valence-electron chi connectivity index (χ0n) is 11.2. The molecule has 1 saturated heterocycles. The summed E-state index contributed by atoms with van der Waals surface area (Å²) in [6.45, 7) is 5.10. The molecule has 2 aromatic heterocycles. The third kappa shape index (κ3) is 1.90. The van der Waals surface area contributed by atoms with Gasteiger partial charge in [-0.2, -0.15) is 0 Å². The van der Waals surface area contributed by atoms with E-state index in [4.69, 9.17) is 10.5 Å². The first-order chi connectivity index (χ1) is 9.11. The highest BCUT2D eigenvalue weighted by Gasteiger charge is 2.39. The second kappa shape index (κ2) is 4.35. The van der Waals surface area contributed by atoms with Crippen molar-refractivity contribution in [2.75, 3.05) is 12.3 Å². The van der Waals surface area contributed by atoms with Crippen LogP contribution >= 0.6 is 0 Å². The monoisotopic (exact) mass is 258 g/mol. The molecule has 2 unspecified atom stereocenters. The predicted molar refractivity (Wildman–Crippen MR) is 73.5 cm³/mol. The first kappa shape index (κ1) is 12.2. The van der Waals surface area contributed by atoms with E-state index in [1.165, 1.54) is 0 Å². The number of aromatic nitrogens is 3. The summed E-state index contributed by atoms with van der Waals surface area (Å²) in [6.07, 6.45) is 6.61. The number of nitrogens with two attached hydrogens (primary N) is 1. The van der Waals surface area contributed by atoms with Crippen LogP contribution in [-0.4, -0.2) is 27.2 Å². The molecule has 0 aromatic carbocycles. The van der Waals surface area contributed by atoms with Crippen LogP contribution in [0.2, 0.25) is 0 Å². The average Bonchev–Trinajstić information content (AvgIpc) is 2.98. The van der Waals surface area contributed by atoms with Gasteiger partial charge in [-0.3, -0.25) is 0 Å². The summed E-state index contributed by atoms with van der Waals surface area (Å²) in [6, 6.07) is 3.82. The maximum absolute atomic E-state index is 5.76. The van der Waals surface area contributed by atoms with Crippen molar-refractivity contribution >= 4 is 5.82 Å². The molecule has 2 N–H and O–H groups in total. The van der Waals surface area contributed by atoms with E-state index in [1.807, 2.05) is 24.7 Å². The zero-order chi connectivity index (χ0) is 13.5. The van der Waals surface area contributed by atoms with E-state index in [0.29, 0.717) is 5.82 Å². The number of nitrogens with zero attached hydrogens (tertiary/aromatic N) is 3. The Labute approximate surface area is 112 Å². The molecule has 0 spiro atoms. The molecule has 19 heavy (non-hydrogen) atoms. The van der Waals surface area contributed by atoms with Crippen molar-refractivity contribution < 1.29 is 4.74 Å². The molecular weight excluding hydrogens is 240 g/mol. The summed E-state index contributed by atoms with van der Waals surface area (Å²) >= 11 is 0. The zero-order valence-corrected chi connectivity index (χ0v) is 11.2. The Bertz CT molecular complexity index is 595. The first-order valence-corrected chi connectivity index (χ1v) is 6.47. The molecule has 0 amide bonds. The molecule has 2 aromatic rings. The van der Waals surface area contributed by atoms with E-state index in [1.54, 1.807) is 6.20 Å². The maximum Gasteiger partial charge on any atom is 0.123 e. The third-order valence-corrected chi connectivity index (χ3v) is 4.12. The Hall–Kier alpha value is -1.88. The summed E-state index contributed by atoms with van der Waals surface area (Å²) in [5, 5.41) is 0. The normalized spacial score (nSPS) is 26.7. The summed E-state index contributed by atoms with van der Waals surface area (Å²) in [7, 11) is 0. The van der Waals surface area contributed by atoms with Crippen molar-refractivity contribution in [3.63, 3.8) is 0 Å². The molecule has 0 saturated carbocycles. The molecular formula is C14H18N4O. The van der Waals surface area contributed by atoms with Crippen LogP contribution in [0.5, 0.6) is 0 Å². The number of anilines is 1. The SMILES string of the molecule is CC1OCCC1(C)n1cncc1-c1ccnc(N)c1. The van der Waals surface area contributed by atoms with E-state index in [2.05, 4.69) is 28.4 Å². The molecule has 100 valence electrons. The van der Waals surface area contributed by atoms with Crippen LogP contribution in [0.15, 0.2) is 30.9 Å². The molecule has 0 radical (unpaired) electrons. The summed E-state index contributed by atoms with van der Waals surface area (Å²) in [5.41, 5.74) is 7.78. The molecule has 5 heteroatoms. The van der Waals surface area contributed by atoms with Gasteiger partial charge < -0.3 is 15.0 Å². The van der Waals surface area contributed by atoms with Crippen molar-refractivity contribution in [3.8, 4) is 11.3 Å². The quantitative estimate of drug-likeness (QED) is 0.895. The van der Waals surface area contributed by atoms with Gasteiger partial charge in [-0.05, 0) is 32.4 Å². The second-order valence-electron chi connectivity index (χ2n) is 5.24. The van der Waals surface area contributed by atoms with Crippen LogP contribution in [-0.2, 0) is 10.3 Å². The van der Waals surface area contributed by atoms with Gasteiger partial charge in [-0.25, -0.2) is 9.97 Å². The van der Waals surface area contributed by atoms with Crippen LogP contribution in [0.3, 0.4) is 0 Å². The number of rotatable bonds is 2. The molecule has 0 aliphatic carbocycles. The lowest BCUT2D eigenvalue weighted by atomic mass is 9.93. The Morgan fingerprint density at radius 1 is 1.53 bits per heavy atom. The lowest BCUT2D eigenvalue weighted by Gasteiger charge is -2.31. The van der Waals surface area contributed by atoms with Gasteiger partial charge in [0.1, 0.15) is 5.82 Å². The fourth-order valence-corrected chi connectivity index (χ4v) is 2.66. The Morgan fingerprint density at radius 3 is 3.05 bits per heavy atom. The van der Waals surface area contributed by atoms with Crippen molar-refractivity contribution in [2.24, 2.45) is 0 Å². The topological polar surface area (TPSA) is 66.0 Å². The van der Waals surface area contributed by atoms with Gasteiger partial charge in [0.05, 0.1) is 29.9 Å². The smallest absolute Gasteiger partial charge is 0.123 e. The molecule has 2 atom stereocenters. The number of hydrogen-bond acceptors (Lipinski definition) is 4. The first-order valence-electron chi connectivity index (χ1n) is 6.47. The summed E-state index contributed by atoms with van der Waals surface area (Å²) < 4.78 is 7.92. The summed E-state index contributed by atoms with van der Waals surface area (Å²) in [4.78, 5) is 8.33. The Morgan fingerprint density at radius 2 is 2.37 bits per heavy atom. The molecule has 1 fully saturated rings. The van der Waals surface area contributed by atoms with E-state index >= 15 is 0 Å². The minimum Gasteiger partial charge on any atom is -0.384 e. The average molecular weight is 258 g/mol. The third-order valence-electron chi connectivity index (χ3n) is 4.12. The Balaban J connectivity index is 2.08. The fourth-order valence-electron chi connectivity index (χ4n) is 2.66. The van der Waals surface area contributed by atoms with Crippen LogP contribution < -0.4 is 5.73 Å². The van der Waals surface area contributed by atoms with Crippen LogP contribution in [0.25, 0.3) is 11.3 Å². The lowest BCUT2D eigenvalue weighted by Crippen LogP contribution is -2.36. The fraction of sp³-hybridized carbons (Fsp3) is 0.429. The van der Waals surface area contributed by atoms with Crippen molar-refractivity contribution in [1.29, 1.82) is 0 Å². The molecule has 1 aliphatic rings. The van der Waals surface area contributed by atoms with E-state index in [-0.39, 0.29) is 11.6 Å². The van der Waals surface area contributed by atoms with Crippen LogP contribution in [0.1, 0.15) is 20.3 Å². The lowest BCUT2D eigenvalue weighted by molar-refractivity contribution is 0.0765. The standard InChI is InChI=1S/C14H18N4O/c1-10-14(2,4-6-19-10)18-9-16-8-12(18)11-3-5-17-13(15)7-11/h3,5,7-10H,4,6H2,1-2H3,(H2,15,17). The number of imidazole rings is 1. The molecule has 0 bridgehead atoms. The number of nitrogen functional groups attached to an aromatic ring is 1. The van der Waals surface area contributed by atoms with Gasteiger partial charge in [0, 0.05) is 18.4 Å². The van der Waals surface area contributed by atoms with Gasteiger partial charge in [-0.15, -0.1) is 0 Å². The molecule has 1 aliphatic heterocycles. The highest BCUT2D eigenvalue weighted by Crippen LogP contribution is 2.36. The molecule has 3 rings (SSSR count). The minimum atomic E-state index is -0.0656. The highest BCUT2D eigenvalue weighted by atomic mass is 16.5. The van der Waals surface area contributed by atoms with Crippen molar-refractivity contribution in [2.45, 2.75) is 31.9 Å². The van der Waals surface area contributed by atoms with Crippen molar-refractivity contribution in [3.05, 3.63) is 30.9 Å². The van der Waals surface area contributed by atoms with E-state index in [0.717, 1.165) is 24.3 Å². The van der Waals surface area contributed by atoms with Gasteiger partial charge in [0.2, 0.25) is 0 Å². The van der Waals surface area contributed by atoms with Gasteiger partial charge in [-0.1, -0.05) is 0 Å².